The zero-order chi connectivity index (χ0) is 21.3. The Bertz CT molecular complexity index is 940. The van der Waals surface area contributed by atoms with E-state index < -0.39 is 4.75 Å². The minimum absolute atomic E-state index is 0.0133. The molecule has 1 saturated heterocycles. The molecule has 2 aliphatic heterocycles. The summed E-state index contributed by atoms with van der Waals surface area (Å²) >= 11 is 1.59. The number of likely N-dealkylation sites (tertiary alicyclic amines) is 1. The lowest BCUT2D eigenvalue weighted by Gasteiger charge is -2.32. The first-order valence-corrected chi connectivity index (χ1v) is 11.7. The Hall–Kier alpha value is -2.18. The second kappa shape index (κ2) is 8.52. The lowest BCUT2D eigenvalue weighted by atomic mass is 9.89. The number of halogens is 1. The first kappa shape index (κ1) is 21.1. The zero-order valence-corrected chi connectivity index (χ0v) is 18.3. The molecule has 30 heavy (non-hydrogen) atoms. The number of rotatable bonds is 6. The lowest BCUT2D eigenvalue weighted by molar-refractivity contribution is -0.120. The summed E-state index contributed by atoms with van der Waals surface area (Å²) in [5.41, 5.74) is 2.69. The molecule has 158 valence electrons. The van der Waals surface area contributed by atoms with E-state index in [4.69, 9.17) is 0 Å². The smallest absolute Gasteiger partial charge is 0.247 e. The van der Waals surface area contributed by atoms with Crippen LogP contribution in [-0.2, 0) is 9.54 Å². The summed E-state index contributed by atoms with van der Waals surface area (Å²) in [6.45, 7) is 5.12. The summed E-state index contributed by atoms with van der Waals surface area (Å²) in [6.07, 6.45) is 3.58. The van der Waals surface area contributed by atoms with Crippen LogP contribution in [-0.4, -0.2) is 49.0 Å². The Kier molecular flexibility index (Phi) is 5.98. The van der Waals surface area contributed by atoms with Gasteiger partial charge in [-0.3, -0.25) is 9.59 Å². The lowest BCUT2D eigenvalue weighted by Crippen LogP contribution is -2.43. The average Bonchev–Trinajstić information content (AvgIpc) is 3.00. The number of carbonyl (C=O) groups excluding carboxylic acids is 2. The van der Waals surface area contributed by atoms with E-state index in [9.17, 15) is 14.0 Å². The highest BCUT2D eigenvalue weighted by Gasteiger charge is 2.46. The molecular formula is C24H27FN2O2S. The fraction of sp³-hybridized carbons (Fsp3) is 0.417. The predicted molar refractivity (Wildman–Crippen MR) is 120 cm³/mol. The number of para-hydroxylation sites is 1. The van der Waals surface area contributed by atoms with Crippen molar-refractivity contribution < 1.29 is 14.0 Å². The first-order valence-electron chi connectivity index (χ1n) is 10.4. The van der Waals surface area contributed by atoms with Crippen LogP contribution in [0.2, 0.25) is 0 Å². The molecular weight excluding hydrogens is 399 g/mol. The molecule has 0 bridgehead atoms. The summed E-state index contributed by atoms with van der Waals surface area (Å²) in [5.74, 6) is -0.0794. The average molecular weight is 427 g/mol. The van der Waals surface area contributed by atoms with Crippen LogP contribution in [0.3, 0.4) is 0 Å². The van der Waals surface area contributed by atoms with Gasteiger partial charge in [0, 0.05) is 35.8 Å². The van der Waals surface area contributed by atoms with Gasteiger partial charge in [0.1, 0.15) is 10.6 Å². The van der Waals surface area contributed by atoms with E-state index in [0.29, 0.717) is 12.1 Å². The van der Waals surface area contributed by atoms with E-state index in [2.05, 4.69) is 11.0 Å². The fourth-order valence-corrected chi connectivity index (χ4v) is 5.20. The van der Waals surface area contributed by atoms with Crippen LogP contribution in [0.1, 0.15) is 35.7 Å². The van der Waals surface area contributed by atoms with Gasteiger partial charge in [-0.05, 0) is 69.4 Å². The second-order valence-electron chi connectivity index (χ2n) is 8.20. The summed E-state index contributed by atoms with van der Waals surface area (Å²) in [4.78, 5) is 30.0. The molecule has 4 nitrogen and oxygen atoms in total. The third-order valence-electron chi connectivity index (χ3n) is 6.50. The molecule has 0 spiro atoms. The number of carbonyl (C=O) groups is 2. The van der Waals surface area contributed by atoms with Gasteiger partial charge in [0.2, 0.25) is 5.91 Å². The molecule has 2 aromatic carbocycles. The van der Waals surface area contributed by atoms with E-state index >= 15 is 0 Å². The molecule has 0 N–H and O–H groups in total. The molecule has 0 aromatic heterocycles. The summed E-state index contributed by atoms with van der Waals surface area (Å²) < 4.78 is 12.6. The van der Waals surface area contributed by atoms with E-state index in [-0.39, 0.29) is 23.4 Å². The second-order valence-corrected chi connectivity index (χ2v) is 9.42. The highest BCUT2D eigenvalue weighted by atomic mass is 32.2. The van der Waals surface area contributed by atoms with Crippen molar-refractivity contribution in [1.82, 2.24) is 4.90 Å². The molecule has 1 atom stereocenters. The highest BCUT2D eigenvalue weighted by molar-refractivity contribution is 8.00. The molecule has 6 heteroatoms. The van der Waals surface area contributed by atoms with Crippen molar-refractivity contribution in [2.24, 2.45) is 5.92 Å². The quantitative estimate of drug-likeness (QED) is 0.644. The Labute approximate surface area is 181 Å². The number of anilines is 1. The maximum atomic E-state index is 13.1. The van der Waals surface area contributed by atoms with Crippen LogP contribution >= 0.6 is 11.8 Å². The SMILES string of the molecule is CSC1(C)C(=O)N(CCN2CCC(C(=O)c3ccc(F)cc3)CC2)c2ccccc21. The fourth-order valence-electron chi connectivity index (χ4n) is 4.52. The van der Waals surface area contributed by atoms with Crippen LogP contribution in [0.25, 0.3) is 0 Å². The van der Waals surface area contributed by atoms with Gasteiger partial charge in [-0.25, -0.2) is 4.39 Å². The summed E-state index contributed by atoms with van der Waals surface area (Å²) in [5, 5.41) is 0. The summed E-state index contributed by atoms with van der Waals surface area (Å²) in [7, 11) is 0. The number of amides is 1. The van der Waals surface area contributed by atoms with E-state index in [1.165, 1.54) is 12.1 Å². The number of thioether (sulfide) groups is 1. The largest absolute Gasteiger partial charge is 0.309 e. The molecule has 1 fully saturated rings. The summed E-state index contributed by atoms with van der Waals surface area (Å²) in [6, 6.07) is 13.9. The Morgan fingerprint density at radius 1 is 1.10 bits per heavy atom. The third-order valence-corrected chi connectivity index (χ3v) is 7.71. The number of hydrogen-bond donors (Lipinski definition) is 0. The monoisotopic (exact) mass is 426 g/mol. The van der Waals surface area contributed by atoms with Gasteiger partial charge in [-0.2, -0.15) is 0 Å². The van der Waals surface area contributed by atoms with E-state index in [1.54, 1.807) is 23.9 Å². The number of benzene rings is 2. The van der Waals surface area contributed by atoms with Gasteiger partial charge in [0.05, 0.1) is 0 Å². The number of Topliss-reactive ketones (excluding diaryl/α,β-unsaturated/α-hetero) is 1. The Morgan fingerprint density at radius 2 is 1.77 bits per heavy atom. The van der Waals surface area contributed by atoms with Gasteiger partial charge >= 0.3 is 0 Å². The third kappa shape index (κ3) is 3.79. The molecule has 1 amide bonds. The number of nitrogens with zero attached hydrogens (tertiary/aromatic N) is 2. The van der Waals surface area contributed by atoms with Crippen molar-refractivity contribution in [3.05, 3.63) is 65.5 Å². The Balaban J connectivity index is 1.35. The van der Waals surface area contributed by atoms with Crippen LogP contribution in [0.4, 0.5) is 10.1 Å². The van der Waals surface area contributed by atoms with E-state index in [1.807, 2.05) is 36.3 Å². The van der Waals surface area contributed by atoms with Crippen molar-refractivity contribution in [1.29, 1.82) is 0 Å². The van der Waals surface area contributed by atoms with Crippen LogP contribution in [0.15, 0.2) is 48.5 Å². The number of piperidine rings is 1. The van der Waals surface area contributed by atoms with Gasteiger partial charge < -0.3 is 9.80 Å². The molecule has 0 radical (unpaired) electrons. The van der Waals surface area contributed by atoms with Crippen LogP contribution in [0, 0.1) is 11.7 Å². The van der Waals surface area contributed by atoms with Crippen molar-refractivity contribution in [3.8, 4) is 0 Å². The van der Waals surface area contributed by atoms with Crippen LogP contribution in [0.5, 0.6) is 0 Å². The number of fused-ring (bicyclic) bond motifs is 1. The van der Waals surface area contributed by atoms with Crippen molar-refractivity contribution in [3.63, 3.8) is 0 Å². The van der Waals surface area contributed by atoms with Gasteiger partial charge in [-0.15, -0.1) is 11.8 Å². The van der Waals surface area contributed by atoms with Crippen molar-refractivity contribution in [2.45, 2.75) is 24.5 Å². The number of ketones is 1. The molecule has 2 heterocycles. The van der Waals surface area contributed by atoms with Gasteiger partial charge in [0.25, 0.3) is 0 Å². The normalized spacial score (nSPS) is 22.4. The molecule has 2 aliphatic rings. The topological polar surface area (TPSA) is 40.6 Å². The standard InChI is InChI=1S/C24H27FN2O2S/c1-24(30-2)20-5-3-4-6-21(20)27(23(24)29)16-15-26-13-11-18(12-14-26)22(28)17-7-9-19(25)10-8-17/h3-10,18H,11-16H2,1-2H3. The maximum Gasteiger partial charge on any atom is 0.247 e. The van der Waals surface area contributed by atoms with Crippen LogP contribution < -0.4 is 4.90 Å². The van der Waals surface area contributed by atoms with Gasteiger partial charge in [0.15, 0.2) is 5.78 Å². The Morgan fingerprint density at radius 3 is 2.43 bits per heavy atom. The van der Waals surface area contributed by atoms with E-state index in [0.717, 1.165) is 43.7 Å². The zero-order valence-electron chi connectivity index (χ0n) is 17.4. The molecule has 0 aliphatic carbocycles. The predicted octanol–water partition coefficient (Wildman–Crippen LogP) is 4.35. The molecule has 4 rings (SSSR count). The first-order chi connectivity index (χ1) is 14.4. The minimum atomic E-state index is -0.523. The maximum absolute atomic E-state index is 13.1. The van der Waals surface area contributed by atoms with Crippen molar-refractivity contribution in [2.75, 3.05) is 37.3 Å². The molecule has 2 aromatic rings. The van der Waals surface area contributed by atoms with Gasteiger partial charge in [-0.1, -0.05) is 18.2 Å². The minimum Gasteiger partial charge on any atom is -0.309 e. The molecule has 0 saturated carbocycles. The van der Waals surface area contributed by atoms with Crippen molar-refractivity contribution >= 4 is 29.1 Å². The number of hydrogen-bond acceptors (Lipinski definition) is 4. The highest BCUT2D eigenvalue weighted by Crippen LogP contribution is 2.47. The molecule has 1 unspecified atom stereocenters.